The molecule has 3 rings (SSSR count). The summed E-state index contributed by atoms with van der Waals surface area (Å²) < 4.78 is 12.0. The number of hydrogen-bond donors (Lipinski definition) is 0. The van der Waals surface area contributed by atoms with E-state index in [0.717, 1.165) is 44.9 Å². The summed E-state index contributed by atoms with van der Waals surface area (Å²) >= 11 is 0. The van der Waals surface area contributed by atoms with Crippen LogP contribution >= 0.6 is 0 Å². The zero-order valence-corrected chi connectivity index (χ0v) is 13.3. The first-order valence-corrected chi connectivity index (χ1v) is 9.47. The third-order valence-corrected chi connectivity index (χ3v) is 7.17. The molecule has 0 aliphatic carbocycles. The van der Waals surface area contributed by atoms with Gasteiger partial charge in [0.1, 0.15) is 5.78 Å². The van der Waals surface area contributed by atoms with Crippen molar-refractivity contribution in [1.82, 2.24) is 0 Å². The van der Waals surface area contributed by atoms with Crippen molar-refractivity contribution in [3.63, 3.8) is 0 Å². The van der Waals surface area contributed by atoms with Gasteiger partial charge >= 0.3 is 0 Å². The fraction of sp³-hybridized carbons (Fsp3) is 0.611. The van der Waals surface area contributed by atoms with Crippen LogP contribution in [0.2, 0.25) is 0 Å². The molecule has 2 bridgehead atoms. The Morgan fingerprint density at radius 3 is 2.38 bits per heavy atom. The topological polar surface area (TPSA) is 34.1 Å². The van der Waals surface area contributed by atoms with Gasteiger partial charge in [-0.15, -0.1) is 0 Å². The predicted octanol–water partition coefficient (Wildman–Crippen LogP) is 3.66. The van der Waals surface area contributed by atoms with Crippen molar-refractivity contribution in [2.75, 3.05) is 0 Å². The van der Waals surface area contributed by atoms with Gasteiger partial charge in [-0.2, -0.15) is 0 Å². The highest BCUT2D eigenvalue weighted by molar-refractivity contribution is 7.86. The van der Waals surface area contributed by atoms with Gasteiger partial charge in [-0.05, 0) is 50.5 Å². The maximum absolute atomic E-state index is 12.3. The Morgan fingerprint density at radius 2 is 1.71 bits per heavy atom. The first-order chi connectivity index (χ1) is 10.2. The zero-order chi connectivity index (χ0) is 14.7. The van der Waals surface area contributed by atoms with Gasteiger partial charge in [0, 0.05) is 33.6 Å². The van der Waals surface area contributed by atoms with Gasteiger partial charge in [-0.3, -0.25) is 9.00 Å². The van der Waals surface area contributed by atoms with E-state index in [1.165, 1.54) is 5.56 Å². The lowest BCUT2D eigenvalue weighted by atomic mass is 9.91. The average molecular weight is 304 g/mol. The standard InChI is InChI=1S/C18H24O2S/c19-18(9-5-4-8-14-6-2-1-3-7-14)15-12-16-10-11-17(13-15)21(16)20/h1-3,6-7,15-17H,4-5,8-13H2. The van der Waals surface area contributed by atoms with Crippen molar-refractivity contribution in [2.45, 2.75) is 61.9 Å². The highest BCUT2D eigenvalue weighted by Crippen LogP contribution is 2.39. The molecule has 0 aromatic heterocycles. The number of carbonyl (C=O) groups excluding carboxylic acids is 1. The van der Waals surface area contributed by atoms with Crippen LogP contribution in [0.1, 0.15) is 50.5 Å². The highest BCUT2D eigenvalue weighted by Gasteiger charge is 2.42. The van der Waals surface area contributed by atoms with Crippen molar-refractivity contribution in [3.8, 4) is 0 Å². The van der Waals surface area contributed by atoms with Crippen LogP contribution in [0, 0.1) is 5.92 Å². The molecule has 2 fully saturated rings. The Balaban J connectivity index is 1.40. The molecule has 21 heavy (non-hydrogen) atoms. The Labute approximate surface area is 129 Å². The van der Waals surface area contributed by atoms with Gasteiger partial charge in [0.05, 0.1) is 0 Å². The molecule has 0 spiro atoms. The van der Waals surface area contributed by atoms with Crippen molar-refractivity contribution in [1.29, 1.82) is 0 Å². The summed E-state index contributed by atoms with van der Waals surface area (Å²) in [7, 11) is -0.640. The summed E-state index contributed by atoms with van der Waals surface area (Å²) in [5, 5.41) is 0.643. The minimum absolute atomic E-state index is 0.205. The lowest BCUT2D eigenvalue weighted by Crippen LogP contribution is -2.32. The predicted molar refractivity (Wildman–Crippen MR) is 86.7 cm³/mol. The monoisotopic (exact) mass is 304 g/mol. The van der Waals surface area contributed by atoms with Crippen LogP contribution in [0.15, 0.2) is 30.3 Å². The molecule has 114 valence electrons. The smallest absolute Gasteiger partial charge is 0.136 e. The second-order valence-corrected chi connectivity index (χ2v) is 8.47. The van der Waals surface area contributed by atoms with E-state index in [1.807, 2.05) is 6.07 Å². The summed E-state index contributed by atoms with van der Waals surface area (Å²) in [6, 6.07) is 10.5. The van der Waals surface area contributed by atoms with Crippen LogP contribution in [0.3, 0.4) is 0 Å². The first-order valence-electron chi connectivity index (χ1n) is 8.20. The molecular formula is C18H24O2S. The maximum atomic E-state index is 12.3. The van der Waals surface area contributed by atoms with Crippen LogP contribution in [0.5, 0.6) is 0 Å². The number of carbonyl (C=O) groups is 1. The van der Waals surface area contributed by atoms with E-state index < -0.39 is 10.8 Å². The molecule has 2 aliphatic heterocycles. The lowest BCUT2D eigenvalue weighted by Gasteiger charge is -2.26. The van der Waals surface area contributed by atoms with Crippen LogP contribution in [-0.2, 0) is 22.0 Å². The number of hydrogen-bond acceptors (Lipinski definition) is 2. The average Bonchev–Trinajstić information content (AvgIpc) is 2.74. The largest absolute Gasteiger partial charge is 0.299 e. The van der Waals surface area contributed by atoms with E-state index in [9.17, 15) is 9.00 Å². The SMILES string of the molecule is O=C(CCCCc1ccccc1)C1CC2CCC(C1)S2=O. The van der Waals surface area contributed by atoms with E-state index in [1.54, 1.807) is 0 Å². The summed E-state index contributed by atoms with van der Waals surface area (Å²) in [6.45, 7) is 0. The summed E-state index contributed by atoms with van der Waals surface area (Å²) in [6.07, 6.45) is 7.78. The van der Waals surface area contributed by atoms with Crippen LogP contribution < -0.4 is 0 Å². The molecule has 3 heteroatoms. The Bertz CT molecular complexity index is 495. The van der Waals surface area contributed by atoms with E-state index in [-0.39, 0.29) is 5.92 Å². The van der Waals surface area contributed by atoms with E-state index in [2.05, 4.69) is 24.3 Å². The summed E-state index contributed by atoms with van der Waals surface area (Å²) in [4.78, 5) is 12.3. The second-order valence-electron chi connectivity index (χ2n) is 6.48. The summed E-state index contributed by atoms with van der Waals surface area (Å²) in [5.74, 6) is 0.633. The molecule has 2 saturated heterocycles. The Morgan fingerprint density at radius 1 is 1.05 bits per heavy atom. The number of benzene rings is 1. The van der Waals surface area contributed by atoms with E-state index in [0.29, 0.717) is 22.7 Å². The number of Topliss-reactive ketones (excluding diaryl/α,β-unsaturated/α-hetero) is 1. The quantitative estimate of drug-likeness (QED) is 0.752. The highest BCUT2D eigenvalue weighted by atomic mass is 32.2. The summed E-state index contributed by atoms with van der Waals surface area (Å²) in [5.41, 5.74) is 1.36. The van der Waals surface area contributed by atoms with Gasteiger partial charge in [0.15, 0.2) is 0 Å². The lowest BCUT2D eigenvalue weighted by molar-refractivity contribution is -0.123. The van der Waals surface area contributed by atoms with Crippen LogP contribution in [-0.4, -0.2) is 20.5 Å². The molecule has 0 radical (unpaired) electrons. The number of rotatable bonds is 6. The Hall–Kier alpha value is -0.960. The van der Waals surface area contributed by atoms with Crippen molar-refractivity contribution in [3.05, 3.63) is 35.9 Å². The third kappa shape index (κ3) is 3.63. The van der Waals surface area contributed by atoms with Gasteiger partial charge in [0.2, 0.25) is 0 Å². The maximum Gasteiger partial charge on any atom is 0.136 e. The van der Waals surface area contributed by atoms with E-state index in [4.69, 9.17) is 0 Å². The number of fused-ring (bicyclic) bond motifs is 2. The van der Waals surface area contributed by atoms with Crippen molar-refractivity contribution >= 4 is 16.6 Å². The van der Waals surface area contributed by atoms with Crippen LogP contribution in [0.4, 0.5) is 0 Å². The van der Waals surface area contributed by atoms with E-state index >= 15 is 0 Å². The molecule has 1 aromatic rings. The molecule has 2 nitrogen and oxygen atoms in total. The van der Waals surface area contributed by atoms with Crippen LogP contribution in [0.25, 0.3) is 0 Å². The molecule has 2 aliphatic rings. The first kappa shape index (κ1) is 15.0. The number of ketones is 1. The van der Waals surface area contributed by atoms with Crippen molar-refractivity contribution in [2.24, 2.45) is 5.92 Å². The molecular weight excluding hydrogens is 280 g/mol. The van der Waals surface area contributed by atoms with Crippen molar-refractivity contribution < 1.29 is 9.00 Å². The fourth-order valence-corrected chi connectivity index (χ4v) is 5.90. The fourth-order valence-electron chi connectivity index (χ4n) is 3.77. The zero-order valence-electron chi connectivity index (χ0n) is 12.5. The molecule has 2 unspecified atom stereocenters. The van der Waals surface area contributed by atoms with Gasteiger partial charge in [-0.25, -0.2) is 0 Å². The van der Waals surface area contributed by atoms with Gasteiger partial charge in [0.25, 0.3) is 0 Å². The molecule has 0 N–H and O–H groups in total. The molecule has 2 atom stereocenters. The normalized spacial score (nSPS) is 31.2. The second kappa shape index (κ2) is 6.87. The minimum Gasteiger partial charge on any atom is -0.299 e. The molecule has 0 amide bonds. The molecule has 0 saturated carbocycles. The number of aryl methyl sites for hydroxylation is 1. The van der Waals surface area contributed by atoms with Gasteiger partial charge < -0.3 is 0 Å². The Kier molecular flexibility index (Phi) is 4.89. The third-order valence-electron chi connectivity index (χ3n) is 5.00. The molecule has 2 heterocycles. The van der Waals surface area contributed by atoms with Gasteiger partial charge in [-0.1, -0.05) is 30.3 Å². The minimum atomic E-state index is -0.640. The molecule has 1 aromatic carbocycles. The number of unbranched alkanes of at least 4 members (excludes halogenated alkanes) is 1.